The van der Waals surface area contributed by atoms with Gasteiger partial charge in [0.15, 0.2) is 0 Å². The molecule has 0 aromatic rings. The van der Waals surface area contributed by atoms with Crippen LogP contribution in [0.4, 0.5) is 0 Å². The van der Waals surface area contributed by atoms with Gasteiger partial charge in [0.2, 0.25) is 0 Å². The Kier molecular flexibility index (Phi) is 9.57. The Morgan fingerprint density at radius 1 is 1.40 bits per heavy atom. The van der Waals surface area contributed by atoms with Crippen LogP contribution in [0, 0.1) is 0 Å². The minimum atomic E-state index is -3.11. The molecule has 0 bridgehead atoms. The normalized spacial score (nSPS) is 7.00. The van der Waals surface area contributed by atoms with E-state index in [-0.39, 0.29) is 5.97 Å². The lowest BCUT2D eigenvalue weighted by atomic mass is 10.5. The van der Waals surface area contributed by atoms with Crippen LogP contribution in [0.15, 0.2) is 0 Å². The molecule has 0 saturated carbocycles. The van der Waals surface area contributed by atoms with Crippen molar-refractivity contribution in [2.75, 3.05) is 7.11 Å². The summed E-state index contributed by atoms with van der Waals surface area (Å²) in [4.78, 5) is 9.96. The molecule has 0 radical (unpaired) electrons. The van der Waals surface area contributed by atoms with E-state index in [4.69, 9.17) is 12.6 Å². The molecule has 0 spiro atoms. The molecule has 0 N–H and O–H groups in total. The van der Waals surface area contributed by atoms with Crippen molar-refractivity contribution in [1.29, 1.82) is 0 Å². The van der Waals surface area contributed by atoms with Crippen LogP contribution in [0.5, 0.6) is 0 Å². The second-order valence-corrected chi connectivity index (χ2v) is 1.54. The van der Waals surface area contributed by atoms with Gasteiger partial charge in [-0.05, 0) is 0 Å². The molecule has 0 aliphatic rings. The Hall–Kier alpha value is -0.910. The zero-order chi connectivity index (χ0) is 8.57. The van der Waals surface area contributed by atoms with Crippen molar-refractivity contribution in [3.8, 4) is 0 Å². The fraction of sp³-hybridized carbons (Fsp3) is 0.750. The topological polar surface area (TPSA) is 77.5 Å². The predicted octanol–water partition coefficient (Wildman–Crippen LogP) is -0.435. The Bertz CT molecular complexity index is 164. The molecule has 0 atom stereocenters. The van der Waals surface area contributed by atoms with Gasteiger partial charge in [-0.1, -0.05) is 6.92 Å². The summed E-state index contributed by atoms with van der Waals surface area (Å²) in [6, 6.07) is 0. The summed E-state index contributed by atoms with van der Waals surface area (Å²) in [6.07, 6.45) is 0.469. The number of ether oxygens (including phenoxy) is 1. The molecular weight excluding hydrogens is 160 g/mol. The summed E-state index contributed by atoms with van der Waals surface area (Å²) in [5.41, 5.74) is 0. The lowest BCUT2D eigenvalue weighted by Crippen LogP contribution is -1.94. The van der Waals surface area contributed by atoms with Gasteiger partial charge >= 0.3 is 16.6 Å². The third-order valence-electron chi connectivity index (χ3n) is 0.516. The first-order valence-electron chi connectivity index (χ1n) is 2.38. The maximum Gasteiger partial charge on any atom is 0.425 e. The van der Waals surface area contributed by atoms with Crippen molar-refractivity contribution in [2.45, 2.75) is 13.3 Å². The van der Waals surface area contributed by atoms with Crippen LogP contribution in [-0.4, -0.2) is 25.7 Å². The van der Waals surface area contributed by atoms with Gasteiger partial charge in [0, 0.05) is 6.42 Å². The van der Waals surface area contributed by atoms with E-state index in [0.29, 0.717) is 6.42 Å². The van der Waals surface area contributed by atoms with E-state index in [9.17, 15) is 4.79 Å². The summed E-state index contributed by atoms with van der Waals surface area (Å²) in [5, 5.41) is 0. The molecule has 6 heteroatoms. The maximum atomic E-state index is 9.96. The Balaban J connectivity index is 0. The van der Waals surface area contributed by atoms with E-state index in [1.54, 1.807) is 6.92 Å². The molecule has 60 valence electrons. The van der Waals surface area contributed by atoms with E-state index >= 15 is 0 Å². The van der Waals surface area contributed by atoms with Crippen LogP contribution in [0.1, 0.15) is 13.3 Å². The van der Waals surface area contributed by atoms with Crippen LogP contribution in [0.3, 0.4) is 0 Å². The number of rotatable bonds is 1. The van der Waals surface area contributed by atoms with Gasteiger partial charge in [0.25, 0.3) is 0 Å². The largest absolute Gasteiger partial charge is 0.469 e. The van der Waals surface area contributed by atoms with Crippen LogP contribution >= 0.6 is 0 Å². The molecule has 0 heterocycles. The summed E-state index contributed by atoms with van der Waals surface area (Å²) in [5.74, 6) is -0.157. The second kappa shape index (κ2) is 8.09. The molecule has 0 fully saturated rings. The highest BCUT2D eigenvalue weighted by atomic mass is 32.2. The quantitative estimate of drug-likeness (QED) is 0.496. The number of esters is 1. The van der Waals surface area contributed by atoms with E-state index in [0.717, 1.165) is 0 Å². The van der Waals surface area contributed by atoms with Gasteiger partial charge < -0.3 is 4.74 Å². The molecule has 5 nitrogen and oxygen atoms in total. The summed E-state index contributed by atoms with van der Waals surface area (Å²) >= 11 is 0. The predicted molar refractivity (Wildman–Crippen MR) is 32.0 cm³/mol. The summed E-state index contributed by atoms with van der Waals surface area (Å²) in [6.45, 7) is 1.76. The third kappa shape index (κ3) is 27.5. The SMILES string of the molecule is CCC(=O)OC.O=S(=O)=O. The molecule has 0 rings (SSSR count). The summed E-state index contributed by atoms with van der Waals surface area (Å²) in [7, 11) is -1.73. The lowest BCUT2D eigenvalue weighted by molar-refractivity contribution is -0.140. The van der Waals surface area contributed by atoms with Crippen molar-refractivity contribution in [2.24, 2.45) is 0 Å². The van der Waals surface area contributed by atoms with Gasteiger partial charge in [-0.25, -0.2) is 0 Å². The van der Waals surface area contributed by atoms with Crippen molar-refractivity contribution in [3.63, 3.8) is 0 Å². The smallest absolute Gasteiger partial charge is 0.425 e. The average Bonchev–Trinajstić information content (AvgIpc) is 1.85. The van der Waals surface area contributed by atoms with Crippen molar-refractivity contribution in [3.05, 3.63) is 0 Å². The van der Waals surface area contributed by atoms with Crippen molar-refractivity contribution < 1.29 is 22.2 Å². The molecule has 0 aliphatic carbocycles. The minimum absolute atomic E-state index is 0.157. The number of carbonyl (C=O) groups is 1. The number of hydrogen-bond donors (Lipinski definition) is 0. The van der Waals surface area contributed by atoms with Crippen molar-refractivity contribution in [1.82, 2.24) is 0 Å². The molecule has 0 aromatic heterocycles. The summed E-state index contributed by atoms with van der Waals surface area (Å²) < 4.78 is 29.6. The van der Waals surface area contributed by atoms with Crippen LogP contribution in [0.25, 0.3) is 0 Å². The number of hydrogen-bond acceptors (Lipinski definition) is 5. The first-order chi connectivity index (χ1) is 4.54. The minimum Gasteiger partial charge on any atom is -0.469 e. The first-order valence-corrected chi connectivity index (χ1v) is 3.38. The van der Waals surface area contributed by atoms with Gasteiger partial charge in [0.05, 0.1) is 7.11 Å². The molecule has 0 amide bonds. The van der Waals surface area contributed by atoms with E-state index in [1.165, 1.54) is 7.11 Å². The number of methoxy groups -OCH3 is 1. The Morgan fingerprint density at radius 2 is 1.70 bits per heavy atom. The lowest BCUT2D eigenvalue weighted by Gasteiger charge is -1.87. The van der Waals surface area contributed by atoms with Crippen LogP contribution in [0.2, 0.25) is 0 Å². The fourth-order valence-electron chi connectivity index (χ4n) is 0.144. The van der Waals surface area contributed by atoms with Gasteiger partial charge in [-0.15, -0.1) is 12.6 Å². The monoisotopic (exact) mass is 168 g/mol. The van der Waals surface area contributed by atoms with Crippen molar-refractivity contribution >= 4 is 16.6 Å². The molecular formula is C4H8O5S. The zero-order valence-corrected chi connectivity index (χ0v) is 6.47. The molecule has 10 heavy (non-hydrogen) atoms. The Labute approximate surface area is 60.1 Å². The first kappa shape index (κ1) is 11.8. The van der Waals surface area contributed by atoms with Crippen LogP contribution in [-0.2, 0) is 20.1 Å². The average molecular weight is 168 g/mol. The van der Waals surface area contributed by atoms with E-state index in [2.05, 4.69) is 4.74 Å². The molecule has 0 saturated heterocycles. The van der Waals surface area contributed by atoms with E-state index < -0.39 is 10.6 Å². The second-order valence-electron chi connectivity index (χ2n) is 1.13. The molecule has 0 aromatic carbocycles. The standard InChI is InChI=1S/C4H8O2.O3S/c1-3-4(5)6-2;1-4(2)3/h3H2,1-2H3;. The van der Waals surface area contributed by atoms with Crippen LogP contribution < -0.4 is 0 Å². The van der Waals surface area contributed by atoms with Gasteiger partial charge in [0.1, 0.15) is 0 Å². The zero-order valence-electron chi connectivity index (χ0n) is 5.66. The Morgan fingerprint density at radius 3 is 1.70 bits per heavy atom. The fourth-order valence-corrected chi connectivity index (χ4v) is 0.144. The highest BCUT2D eigenvalue weighted by molar-refractivity contribution is 7.59. The number of carbonyl (C=O) groups excluding carboxylic acids is 1. The maximum absolute atomic E-state index is 9.96. The molecule has 0 aliphatic heterocycles. The highest BCUT2D eigenvalue weighted by Crippen LogP contribution is 1.76. The molecule has 0 unspecified atom stereocenters. The third-order valence-corrected chi connectivity index (χ3v) is 0.516. The van der Waals surface area contributed by atoms with Gasteiger partial charge in [-0.2, -0.15) is 0 Å². The highest BCUT2D eigenvalue weighted by Gasteiger charge is 1.87. The van der Waals surface area contributed by atoms with E-state index in [1.807, 2.05) is 0 Å². The van der Waals surface area contributed by atoms with Gasteiger partial charge in [-0.3, -0.25) is 4.79 Å².